The highest BCUT2D eigenvalue weighted by Gasteiger charge is 2.48. The van der Waals surface area contributed by atoms with Gasteiger partial charge in [-0.1, -0.05) is 79.5 Å². The summed E-state index contributed by atoms with van der Waals surface area (Å²) in [4.78, 5) is 27.8. The van der Waals surface area contributed by atoms with E-state index >= 15 is 0 Å². The van der Waals surface area contributed by atoms with Crippen LogP contribution in [-0.4, -0.2) is 34.0 Å². The van der Waals surface area contributed by atoms with Crippen LogP contribution >= 0.6 is 11.6 Å². The zero-order chi connectivity index (χ0) is 24.9. The number of carboxylic acid groups (broad SMARTS) is 1. The fourth-order valence-corrected chi connectivity index (χ4v) is 4.76. The first kappa shape index (κ1) is 24.9. The molecule has 1 amide bonds. The molecule has 7 heteroatoms. The molecule has 5 nitrogen and oxygen atoms in total. The van der Waals surface area contributed by atoms with Gasteiger partial charge in [-0.3, -0.25) is 4.79 Å². The summed E-state index contributed by atoms with van der Waals surface area (Å²) in [5, 5.41) is 10.7. The number of halogens is 2. The van der Waals surface area contributed by atoms with E-state index in [-0.39, 0.29) is 12.2 Å². The van der Waals surface area contributed by atoms with E-state index in [2.05, 4.69) is 0 Å². The number of amides is 1. The number of morpholine rings is 1. The third kappa shape index (κ3) is 5.55. The SMILES string of the molecule is CCC[C@@H](C(=O)O)N1C(=O)[C@H](Cc2ccc(F)cc2)O[C@@H](c2ccccc2)[C@H]1c1ccc(Cl)cc1. The second kappa shape index (κ2) is 11.0. The number of carbonyl (C=O) groups excluding carboxylic acids is 1. The van der Waals surface area contributed by atoms with Gasteiger partial charge in [-0.05, 0) is 47.4 Å². The highest BCUT2D eigenvalue weighted by molar-refractivity contribution is 6.30. The van der Waals surface area contributed by atoms with Crippen molar-refractivity contribution in [1.29, 1.82) is 0 Å². The van der Waals surface area contributed by atoms with Crippen molar-refractivity contribution in [2.45, 2.75) is 50.5 Å². The Balaban J connectivity index is 1.83. The molecule has 0 spiro atoms. The van der Waals surface area contributed by atoms with E-state index in [0.717, 1.165) is 16.7 Å². The van der Waals surface area contributed by atoms with Crippen LogP contribution in [0.5, 0.6) is 0 Å². The monoisotopic (exact) mass is 495 g/mol. The first-order valence-electron chi connectivity index (χ1n) is 11.6. The molecule has 1 heterocycles. The summed E-state index contributed by atoms with van der Waals surface area (Å²) in [6.45, 7) is 1.89. The maximum Gasteiger partial charge on any atom is 0.326 e. The fourth-order valence-electron chi connectivity index (χ4n) is 4.63. The molecule has 1 aliphatic rings. The number of ether oxygens (including phenoxy) is 1. The summed E-state index contributed by atoms with van der Waals surface area (Å²) in [5.74, 6) is -1.83. The summed E-state index contributed by atoms with van der Waals surface area (Å²) in [5.41, 5.74) is 2.29. The van der Waals surface area contributed by atoms with Crippen molar-refractivity contribution in [3.05, 3.63) is 106 Å². The van der Waals surface area contributed by atoms with Crippen molar-refractivity contribution in [3.63, 3.8) is 0 Å². The summed E-state index contributed by atoms with van der Waals surface area (Å²) in [7, 11) is 0. The van der Waals surface area contributed by atoms with Crippen molar-refractivity contribution in [2.24, 2.45) is 0 Å². The van der Waals surface area contributed by atoms with Crippen molar-refractivity contribution < 1.29 is 23.8 Å². The summed E-state index contributed by atoms with van der Waals surface area (Å²) in [6, 6.07) is 20.7. The molecule has 1 aliphatic heterocycles. The van der Waals surface area contributed by atoms with Gasteiger partial charge in [-0.25, -0.2) is 9.18 Å². The average Bonchev–Trinajstić information content (AvgIpc) is 2.86. The van der Waals surface area contributed by atoms with Gasteiger partial charge in [-0.2, -0.15) is 0 Å². The van der Waals surface area contributed by atoms with Gasteiger partial charge in [0.05, 0.1) is 6.04 Å². The number of carboxylic acids is 1. The third-order valence-corrected chi connectivity index (χ3v) is 6.54. The minimum absolute atomic E-state index is 0.199. The molecular formula is C28H27ClFNO4. The van der Waals surface area contributed by atoms with Crippen LogP contribution in [0.15, 0.2) is 78.9 Å². The second-order valence-electron chi connectivity index (χ2n) is 8.67. The maximum absolute atomic E-state index is 13.9. The molecule has 1 saturated heterocycles. The molecule has 4 atom stereocenters. The van der Waals surface area contributed by atoms with Crippen molar-refractivity contribution in [1.82, 2.24) is 4.90 Å². The molecular weight excluding hydrogens is 469 g/mol. The van der Waals surface area contributed by atoms with Gasteiger partial charge < -0.3 is 14.7 Å². The van der Waals surface area contributed by atoms with Crippen LogP contribution in [0.25, 0.3) is 0 Å². The van der Waals surface area contributed by atoms with Crippen molar-refractivity contribution in [3.8, 4) is 0 Å². The molecule has 182 valence electrons. The average molecular weight is 496 g/mol. The predicted molar refractivity (Wildman–Crippen MR) is 132 cm³/mol. The number of benzene rings is 3. The minimum atomic E-state index is -1.06. The van der Waals surface area contributed by atoms with Gasteiger partial charge in [0, 0.05) is 11.4 Å². The Morgan fingerprint density at radius 1 is 1.03 bits per heavy atom. The van der Waals surface area contributed by atoms with Crippen LogP contribution in [0, 0.1) is 5.82 Å². The van der Waals surface area contributed by atoms with Gasteiger partial charge in [0.15, 0.2) is 0 Å². The van der Waals surface area contributed by atoms with E-state index in [1.165, 1.54) is 17.0 Å². The zero-order valence-electron chi connectivity index (χ0n) is 19.3. The fraction of sp³-hybridized carbons (Fsp3) is 0.286. The molecule has 0 radical (unpaired) electrons. The molecule has 0 aliphatic carbocycles. The van der Waals surface area contributed by atoms with Gasteiger partial charge >= 0.3 is 5.97 Å². The smallest absolute Gasteiger partial charge is 0.326 e. The molecule has 3 aromatic rings. The first-order valence-corrected chi connectivity index (χ1v) is 12.0. The number of nitrogens with zero attached hydrogens (tertiary/aromatic N) is 1. The van der Waals surface area contributed by atoms with Crippen LogP contribution in [-0.2, 0) is 20.7 Å². The van der Waals surface area contributed by atoms with E-state index in [0.29, 0.717) is 17.9 Å². The topological polar surface area (TPSA) is 66.8 Å². The lowest BCUT2D eigenvalue weighted by Gasteiger charge is -2.47. The normalized spacial score (nSPS) is 21.1. The lowest BCUT2D eigenvalue weighted by molar-refractivity contribution is -0.184. The molecule has 1 N–H and O–H groups in total. The van der Waals surface area contributed by atoms with E-state index in [4.69, 9.17) is 16.3 Å². The number of hydrogen-bond donors (Lipinski definition) is 1. The Bertz CT molecular complexity index is 1150. The van der Waals surface area contributed by atoms with E-state index in [1.807, 2.05) is 37.3 Å². The Morgan fingerprint density at radius 2 is 1.69 bits per heavy atom. The maximum atomic E-state index is 13.9. The molecule has 0 aromatic heterocycles. The standard InChI is InChI=1S/C28H27ClFNO4/c1-2-6-23(28(33)34)31-25(19-11-13-21(29)14-12-19)26(20-7-4-3-5-8-20)35-24(27(31)32)17-18-9-15-22(30)16-10-18/h3-5,7-16,23-26H,2,6,17H2,1H3,(H,33,34)/t23-,24-,25+,26-/m0/s1. The summed E-state index contributed by atoms with van der Waals surface area (Å²) in [6.07, 6.45) is -0.444. The second-order valence-corrected chi connectivity index (χ2v) is 9.11. The lowest BCUT2D eigenvalue weighted by Crippen LogP contribution is -2.57. The highest BCUT2D eigenvalue weighted by atomic mass is 35.5. The Hall–Kier alpha value is -3.22. The molecule has 0 saturated carbocycles. The predicted octanol–water partition coefficient (Wildman–Crippen LogP) is 5.98. The van der Waals surface area contributed by atoms with Crippen LogP contribution in [0.2, 0.25) is 5.02 Å². The largest absolute Gasteiger partial charge is 0.480 e. The highest BCUT2D eigenvalue weighted by Crippen LogP contribution is 2.44. The Labute approximate surface area is 209 Å². The molecule has 4 rings (SSSR count). The zero-order valence-corrected chi connectivity index (χ0v) is 20.1. The van der Waals surface area contributed by atoms with Crippen molar-refractivity contribution >= 4 is 23.5 Å². The molecule has 0 unspecified atom stereocenters. The minimum Gasteiger partial charge on any atom is -0.480 e. The molecule has 0 bridgehead atoms. The quantitative estimate of drug-likeness (QED) is 0.417. The Kier molecular flexibility index (Phi) is 7.83. The van der Waals surface area contributed by atoms with Crippen molar-refractivity contribution in [2.75, 3.05) is 0 Å². The molecule has 3 aromatic carbocycles. The van der Waals surface area contributed by atoms with E-state index in [1.54, 1.807) is 36.4 Å². The number of carbonyl (C=O) groups is 2. The lowest BCUT2D eigenvalue weighted by atomic mass is 9.88. The van der Waals surface area contributed by atoms with Crippen LogP contribution in [0.1, 0.15) is 48.6 Å². The first-order chi connectivity index (χ1) is 16.9. The van der Waals surface area contributed by atoms with Gasteiger partial charge in [0.2, 0.25) is 0 Å². The summed E-state index contributed by atoms with van der Waals surface area (Å²) < 4.78 is 19.9. The van der Waals surface area contributed by atoms with Crippen LogP contribution in [0.3, 0.4) is 0 Å². The summed E-state index contributed by atoms with van der Waals surface area (Å²) >= 11 is 6.12. The van der Waals surface area contributed by atoms with Crippen LogP contribution in [0.4, 0.5) is 4.39 Å². The number of aliphatic carboxylic acids is 1. The van der Waals surface area contributed by atoms with Crippen LogP contribution < -0.4 is 0 Å². The van der Waals surface area contributed by atoms with Gasteiger partial charge in [0.25, 0.3) is 5.91 Å². The molecule has 35 heavy (non-hydrogen) atoms. The van der Waals surface area contributed by atoms with E-state index in [9.17, 15) is 19.1 Å². The number of hydrogen-bond acceptors (Lipinski definition) is 3. The molecule has 1 fully saturated rings. The van der Waals surface area contributed by atoms with Gasteiger partial charge in [0.1, 0.15) is 24.1 Å². The Morgan fingerprint density at radius 3 is 2.29 bits per heavy atom. The third-order valence-electron chi connectivity index (χ3n) is 6.28. The van der Waals surface area contributed by atoms with E-state index < -0.39 is 36.2 Å². The van der Waals surface area contributed by atoms with Gasteiger partial charge in [-0.15, -0.1) is 0 Å². The number of rotatable bonds is 8.